The zero-order valence-corrected chi connectivity index (χ0v) is 15.9. The highest BCUT2D eigenvalue weighted by Gasteiger charge is 2.13. The van der Waals surface area contributed by atoms with Crippen LogP contribution in [0.3, 0.4) is 0 Å². The topological polar surface area (TPSA) is 21.3 Å². The molecule has 2 rings (SSSR count). The largest absolute Gasteiger partial charge is 0.489 e. The van der Waals surface area contributed by atoms with E-state index >= 15 is 0 Å². The number of hydrogen-bond donors (Lipinski definition) is 1. The molecule has 0 aliphatic rings. The van der Waals surface area contributed by atoms with E-state index in [4.69, 9.17) is 4.74 Å². The molecule has 0 aliphatic heterocycles. The summed E-state index contributed by atoms with van der Waals surface area (Å²) in [5.74, 6) is 0.929. The van der Waals surface area contributed by atoms with Crippen LogP contribution in [0.15, 0.2) is 42.5 Å². The zero-order chi connectivity index (χ0) is 17.7. The van der Waals surface area contributed by atoms with Crippen LogP contribution < -0.4 is 10.1 Å². The number of aryl methyl sites for hydroxylation is 2. The average Bonchev–Trinajstić information content (AvgIpc) is 2.53. The molecule has 2 aromatic carbocycles. The van der Waals surface area contributed by atoms with Crippen molar-refractivity contribution in [1.29, 1.82) is 0 Å². The highest BCUT2D eigenvalue weighted by atomic mass is 16.5. The van der Waals surface area contributed by atoms with Crippen LogP contribution in [0.4, 0.5) is 5.69 Å². The number of nitrogens with one attached hydrogen (secondary N) is 1. The van der Waals surface area contributed by atoms with Crippen molar-refractivity contribution in [3.63, 3.8) is 0 Å². The van der Waals surface area contributed by atoms with Crippen molar-refractivity contribution >= 4 is 5.69 Å². The lowest BCUT2D eigenvalue weighted by Gasteiger charge is -2.21. The quantitative estimate of drug-likeness (QED) is 0.732. The molecule has 2 heteroatoms. The minimum atomic E-state index is 0.106. The molecule has 0 radical (unpaired) electrons. The van der Waals surface area contributed by atoms with Gasteiger partial charge in [0.2, 0.25) is 0 Å². The smallest absolute Gasteiger partial charge is 0.119 e. The Hall–Kier alpha value is -1.96. The second-order valence-electron chi connectivity index (χ2n) is 7.55. The summed E-state index contributed by atoms with van der Waals surface area (Å²) in [6.45, 7) is 13.9. The Morgan fingerprint density at radius 2 is 1.71 bits per heavy atom. The molecule has 0 bridgehead atoms. The molecule has 24 heavy (non-hydrogen) atoms. The third-order valence-corrected chi connectivity index (χ3v) is 4.36. The highest BCUT2D eigenvalue weighted by molar-refractivity contribution is 5.57. The van der Waals surface area contributed by atoms with Crippen molar-refractivity contribution < 1.29 is 4.74 Å². The third kappa shape index (κ3) is 4.77. The zero-order valence-electron chi connectivity index (χ0n) is 15.9. The van der Waals surface area contributed by atoms with Crippen LogP contribution >= 0.6 is 0 Å². The number of ether oxygens (including phenoxy) is 1. The molecule has 0 aromatic heterocycles. The number of anilines is 1. The Labute approximate surface area is 147 Å². The van der Waals surface area contributed by atoms with Crippen LogP contribution in [-0.4, -0.2) is 12.6 Å². The molecule has 0 aliphatic carbocycles. The van der Waals surface area contributed by atoms with E-state index in [1.54, 1.807) is 0 Å². The van der Waals surface area contributed by atoms with Crippen LogP contribution in [0.2, 0.25) is 0 Å². The minimum Gasteiger partial charge on any atom is -0.489 e. The molecular formula is C22H31NO. The first kappa shape index (κ1) is 18.4. The maximum absolute atomic E-state index is 6.05. The van der Waals surface area contributed by atoms with Gasteiger partial charge in [0.1, 0.15) is 11.9 Å². The molecule has 1 atom stereocenters. The molecule has 2 aromatic rings. The van der Waals surface area contributed by atoms with E-state index in [9.17, 15) is 0 Å². The van der Waals surface area contributed by atoms with E-state index in [1.807, 2.05) is 0 Å². The lowest BCUT2D eigenvalue weighted by atomic mass is 9.87. The minimum absolute atomic E-state index is 0.106. The van der Waals surface area contributed by atoms with E-state index in [0.29, 0.717) is 0 Å². The van der Waals surface area contributed by atoms with Gasteiger partial charge in [0.15, 0.2) is 0 Å². The summed E-state index contributed by atoms with van der Waals surface area (Å²) in [6, 6.07) is 14.9. The van der Waals surface area contributed by atoms with Crippen LogP contribution in [0.1, 0.15) is 51.3 Å². The summed E-state index contributed by atoms with van der Waals surface area (Å²) in [5.41, 5.74) is 5.40. The summed E-state index contributed by atoms with van der Waals surface area (Å²) >= 11 is 0. The fourth-order valence-electron chi connectivity index (χ4n) is 2.83. The van der Waals surface area contributed by atoms with E-state index in [2.05, 4.69) is 89.3 Å². The first-order valence-electron chi connectivity index (χ1n) is 8.91. The number of para-hydroxylation sites is 1. The van der Waals surface area contributed by atoms with Crippen molar-refractivity contribution in [2.45, 2.75) is 59.5 Å². The molecule has 0 saturated carbocycles. The second-order valence-corrected chi connectivity index (χ2v) is 7.55. The Morgan fingerprint density at radius 1 is 1.04 bits per heavy atom. The van der Waals surface area contributed by atoms with Crippen molar-refractivity contribution in [2.75, 3.05) is 11.9 Å². The number of rotatable bonds is 6. The molecule has 0 heterocycles. The fourth-order valence-corrected chi connectivity index (χ4v) is 2.83. The van der Waals surface area contributed by atoms with Crippen LogP contribution in [-0.2, 0) is 11.8 Å². The Kier molecular flexibility index (Phi) is 5.93. The molecule has 0 amide bonds. The lowest BCUT2D eigenvalue weighted by Crippen LogP contribution is -2.23. The van der Waals surface area contributed by atoms with Crippen molar-refractivity contribution in [3.05, 3.63) is 59.2 Å². The van der Waals surface area contributed by atoms with Gasteiger partial charge >= 0.3 is 0 Å². The van der Waals surface area contributed by atoms with E-state index in [0.717, 1.165) is 18.7 Å². The molecule has 1 unspecified atom stereocenters. The molecule has 0 fully saturated rings. The second kappa shape index (κ2) is 7.74. The van der Waals surface area contributed by atoms with Crippen LogP contribution in [0, 0.1) is 6.92 Å². The predicted octanol–water partition coefficient (Wildman–Crippen LogP) is 5.73. The van der Waals surface area contributed by atoms with Gasteiger partial charge in [0.25, 0.3) is 0 Å². The maximum Gasteiger partial charge on any atom is 0.119 e. The number of hydrogen-bond acceptors (Lipinski definition) is 2. The van der Waals surface area contributed by atoms with Crippen molar-refractivity contribution in [2.24, 2.45) is 0 Å². The molecule has 0 saturated heterocycles. The standard InChI is InChI=1S/C22H31NO/c1-7-18-10-8-9-16(2)21(18)23-15-17(3)24-20-13-11-19(12-14-20)22(4,5)6/h8-14,17,23H,7,15H2,1-6H3. The molecular weight excluding hydrogens is 294 g/mol. The normalized spacial score (nSPS) is 12.8. The van der Waals surface area contributed by atoms with Gasteiger partial charge in [-0.25, -0.2) is 0 Å². The van der Waals surface area contributed by atoms with E-state index in [1.165, 1.54) is 22.4 Å². The van der Waals surface area contributed by atoms with Gasteiger partial charge in [-0.05, 0) is 54.5 Å². The van der Waals surface area contributed by atoms with Gasteiger partial charge < -0.3 is 10.1 Å². The molecule has 0 spiro atoms. The molecule has 130 valence electrons. The van der Waals surface area contributed by atoms with Gasteiger partial charge in [-0.3, -0.25) is 0 Å². The summed E-state index contributed by atoms with van der Waals surface area (Å²) < 4.78 is 6.05. The maximum atomic E-state index is 6.05. The summed E-state index contributed by atoms with van der Waals surface area (Å²) in [5, 5.41) is 3.56. The predicted molar refractivity (Wildman–Crippen MR) is 104 cm³/mol. The summed E-state index contributed by atoms with van der Waals surface area (Å²) in [7, 11) is 0. The summed E-state index contributed by atoms with van der Waals surface area (Å²) in [4.78, 5) is 0. The number of benzene rings is 2. The van der Waals surface area contributed by atoms with Crippen LogP contribution in [0.5, 0.6) is 5.75 Å². The third-order valence-electron chi connectivity index (χ3n) is 4.36. The molecule has 1 N–H and O–H groups in total. The van der Waals surface area contributed by atoms with Crippen LogP contribution in [0.25, 0.3) is 0 Å². The van der Waals surface area contributed by atoms with Gasteiger partial charge in [-0.2, -0.15) is 0 Å². The Balaban J connectivity index is 1.96. The average molecular weight is 325 g/mol. The highest BCUT2D eigenvalue weighted by Crippen LogP contribution is 2.25. The van der Waals surface area contributed by atoms with Crippen molar-refractivity contribution in [3.8, 4) is 5.75 Å². The van der Waals surface area contributed by atoms with Gasteiger partial charge in [0, 0.05) is 5.69 Å². The van der Waals surface area contributed by atoms with Crippen molar-refractivity contribution in [1.82, 2.24) is 0 Å². The van der Waals surface area contributed by atoms with E-state index in [-0.39, 0.29) is 11.5 Å². The van der Waals surface area contributed by atoms with Gasteiger partial charge in [-0.15, -0.1) is 0 Å². The first-order chi connectivity index (χ1) is 11.3. The Morgan fingerprint density at radius 3 is 2.29 bits per heavy atom. The monoisotopic (exact) mass is 325 g/mol. The SMILES string of the molecule is CCc1cccc(C)c1NCC(C)Oc1ccc(C(C)(C)C)cc1. The fraction of sp³-hybridized carbons (Fsp3) is 0.455. The lowest BCUT2D eigenvalue weighted by molar-refractivity contribution is 0.234. The molecule has 2 nitrogen and oxygen atoms in total. The summed E-state index contributed by atoms with van der Waals surface area (Å²) in [6.07, 6.45) is 1.14. The van der Waals surface area contributed by atoms with E-state index < -0.39 is 0 Å². The van der Waals surface area contributed by atoms with Gasteiger partial charge in [-0.1, -0.05) is 58.0 Å². The van der Waals surface area contributed by atoms with Gasteiger partial charge in [0.05, 0.1) is 6.54 Å². The Bertz CT molecular complexity index is 653. The first-order valence-corrected chi connectivity index (χ1v) is 8.91.